The molecular formula is C14H20BrFN2. The van der Waals surface area contributed by atoms with Crippen LogP contribution in [0.4, 0.5) is 15.8 Å². The number of halogens is 2. The lowest BCUT2D eigenvalue weighted by Crippen LogP contribution is -2.33. The predicted molar refractivity (Wildman–Crippen MR) is 78.1 cm³/mol. The van der Waals surface area contributed by atoms with Crippen LogP contribution in [0.15, 0.2) is 16.6 Å². The summed E-state index contributed by atoms with van der Waals surface area (Å²) in [7, 11) is 0. The number of rotatable bonds is 2. The molecule has 1 fully saturated rings. The average Bonchev–Trinajstić information content (AvgIpc) is 2.29. The first-order valence-corrected chi connectivity index (χ1v) is 7.27. The van der Waals surface area contributed by atoms with E-state index in [1.807, 2.05) is 0 Å². The van der Waals surface area contributed by atoms with Crippen LogP contribution in [0.1, 0.15) is 33.1 Å². The second kappa shape index (κ2) is 5.47. The Morgan fingerprint density at radius 1 is 1.33 bits per heavy atom. The number of anilines is 2. The van der Waals surface area contributed by atoms with E-state index in [1.54, 1.807) is 6.07 Å². The SMILES string of the molecule is CC1CCC(Nc2cc(Br)c(F)cc2N)C(C)C1. The highest BCUT2D eigenvalue weighted by molar-refractivity contribution is 9.10. The summed E-state index contributed by atoms with van der Waals surface area (Å²) < 4.78 is 13.8. The lowest BCUT2D eigenvalue weighted by molar-refractivity contribution is 0.276. The van der Waals surface area contributed by atoms with Crippen LogP contribution in [0.25, 0.3) is 0 Å². The van der Waals surface area contributed by atoms with Crippen molar-refractivity contribution in [3.63, 3.8) is 0 Å². The van der Waals surface area contributed by atoms with Crippen molar-refractivity contribution in [2.75, 3.05) is 11.1 Å². The van der Waals surface area contributed by atoms with Crippen molar-refractivity contribution in [1.82, 2.24) is 0 Å². The van der Waals surface area contributed by atoms with Gasteiger partial charge in [0, 0.05) is 12.1 Å². The Labute approximate surface area is 116 Å². The minimum atomic E-state index is -0.316. The molecule has 0 spiro atoms. The standard InChI is InChI=1S/C14H20BrFN2/c1-8-3-4-13(9(2)5-8)18-14-6-10(15)11(16)7-12(14)17/h6-9,13,18H,3-5,17H2,1-2H3. The molecule has 2 nitrogen and oxygen atoms in total. The maximum Gasteiger partial charge on any atom is 0.139 e. The van der Waals surface area contributed by atoms with Crippen molar-refractivity contribution in [3.05, 3.63) is 22.4 Å². The van der Waals surface area contributed by atoms with E-state index in [4.69, 9.17) is 5.73 Å². The van der Waals surface area contributed by atoms with Gasteiger partial charge in [0.05, 0.1) is 15.8 Å². The molecule has 0 radical (unpaired) electrons. The van der Waals surface area contributed by atoms with Gasteiger partial charge in [-0.1, -0.05) is 13.8 Å². The first-order valence-electron chi connectivity index (χ1n) is 6.48. The Morgan fingerprint density at radius 2 is 2.06 bits per heavy atom. The molecule has 3 atom stereocenters. The van der Waals surface area contributed by atoms with Gasteiger partial charge in [-0.15, -0.1) is 0 Å². The van der Waals surface area contributed by atoms with Crippen LogP contribution < -0.4 is 11.1 Å². The van der Waals surface area contributed by atoms with Crippen molar-refractivity contribution >= 4 is 27.3 Å². The summed E-state index contributed by atoms with van der Waals surface area (Å²) in [5, 5.41) is 3.47. The maximum absolute atomic E-state index is 13.3. The quantitative estimate of drug-likeness (QED) is 0.794. The monoisotopic (exact) mass is 314 g/mol. The molecule has 18 heavy (non-hydrogen) atoms. The van der Waals surface area contributed by atoms with Gasteiger partial charge in [0.25, 0.3) is 0 Å². The molecule has 0 heterocycles. The third-order valence-electron chi connectivity index (χ3n) is 3.86. The van der Waals surface area contributed by atoms with Crippen LogP contribution in [0.5, 0.6) is 0 Å². The number of hydrogen-bond acceptors (Lipinski definition) is 2. The van der Waals surface area contributed by atoms with E-state index in [1.165, 1.54) is 18.9 Å². The number of nitrogens with two attached hydrogens (primary N) is 1. The Bertz CT molecular complexity index is 436. The molecule has 2 rings (SSSR count). The summed E-state index contributed by atoms with van der Waals surface area (Å²) >= 11 is 3.20. The van der Waals surface area contributed by atoms with Gasteiger partial charge < -0.3 is 11.1 Å². The van der Waals surface area contributed by atoms with E-state index < -0.39 is 0 Å². The van der Waals surface area contributed by atoms with Crippen LogP contribution in [0.3, 0.4) is 0 Å². The van der Waals surface area contributed by atoms with Crippen LogP contribution >= 0.6 is 15.9 Å². The largest absolute Gasteiger partial charge is 0.397 e. The van der Waals surface area contributed by atoms with Crippen LogP contribution in [-0.4, -0.2) is 6.04 Å². The van der Waals surface area contributed by atoms with E-state index >= 15 is 0 Å². The third kappa shape index (κ3) is 2.97. The summed E-state index contributed by atoms with van der Waals surface area (Å²) in [6, 6.07) is 3.53. The van der Waals surface area contributed by atoms with Crippen LogP contribution in [-0.2, 0) is 0 Å². The average molecular weight is 315 g/mol. The number of nitrogens with one attached hydrogen (secondary N) is 1. The highest BCUT2D eigenvalue weighted by atomic mass is 79.9. The van der Waals surface area contributed by atoms with Gasteiger partial charge >= 0.3 is 0 Å². The fourth-order valence-corrected chi connectivity index (χ4v) is 3.11. The van der Waals surface area contributed by atoms with Gasteiger partial charge in [-0.25, -0.2) is 4.39 Å². The minimum absolute atomic E-state index is 0.316. The van der Waals surface area contributed by atoms with Crippen molar-refractivity contribution in [1.29, 1.82) is 0 Å². The van der Waals surface area contributed by atoms with E-state index in [-0.39, 0.29) is 5.82 Å². The molecule has 0 saturated heterocycles. The molecule has 1 aliphatic carbocycles. The molecule has 0 aliphatic heterocycles. The van der Waals surface area contributed by atoms with Crippen molar-refractivity contribution < 1.29 is 4.39 Å². The van der Waals surface area contributed by atoms with Crippen molar-refractivity contribution in [2.45, 2.75) is 39.2 Å². The lowest BCUT2D eigenvalue weighted by Gasteiger charge is -2.34. The number of nitrogen functional groups attached to an aromatic ring is 1. The number of hydrogen-bond donors (Lipinski definition) is 2. The topological polar surface area (TPSA) is 38.0 Å². The van der Waals surface area contributed by atoms with Crippen LogP contribution in [0, 0.1) is 17.7 Å². The van der Waals surface area contributed by atoms with E-state index in [9.17, 15) is 4.39 Å². The zero-order valence-electron chi connectivity index (χ0n) is 10.8. The first kappa shape index (κ1) is 13.7. The highest BCUT2D eigenvalue weighted by Gasteiger charge is 2.25. The summed E-state index contributed by atoms with van der Waals surface area (Å²) in [5.41, 5.74) is 7.16. The van der Waals surface area contributed by atoms with E-state index in [2.05, 4.69) is 35.1 Å². The third-order valence-corrected chi connectivity index (χ3v) is 4.47. The molecule has 1 saturated carbocycles. The molecule has 100 valence electrons. The van der Waals surface area contributed by atoms with Crippen molar-refractivity contribution in [2.24, 2.45) is 11.8 Å². The first-order chi connectivity index (χ1) is 8.47. The second-order valence-corrected chi connectivity index (χ2v) is 6.35. The van der Waals surface area contributed by atoms with Gasteiger partial charge in [-0.05, 0) is 53.1 Å². The summed E-state index contributed by atoms with van der Waals surface area (Å²) in [4.78, 5) is 0. The number of benzene rings is 1. The Hall–Kier alpha value is -0.770. The fraction of sp³-hybridized carbons (Fsp3) is 0.571. The summed E-state index contributed by atoms with van der Waals surface area (Å²) in [6.07, 6.45) is 3.63. The van der Waals surface area contributed by atoms with E-state index in [0.29, 0.717) is 22.1 Å². The zero-order chi connectivity index (χ0) is 13.3. The van der Waals surface area contributed by atoms with Crippen LogP contribution in [0.2, 0.25) is 0 Å². The van der Waals surface area contributed by atoms with Gasteiger partial charge in [0.1, 0.15) is 5.82 Å². The molecule has 4 heteroatoms. The van der Waals surface area contributed by atoms with E-state index in [0.717, 1.165) is 18.0 Å². The molecule has 0 aromatic heterocycles. The minimum Gasteiger partial charge on any atom is -0.397 e. The smallest absolute Gasteiger partial charge is 0.139 e. The highest BCUT2D eigenvalue weighted by Crippen LogP contribution is 2.33. The molecule has 3 N–H and O–H groups in total. The Morgan fingerprint density at radius 3 is 2.72 bits per heavy atom. The normalized spacial score (nSPS) is 28.1. The molecule has 1 aliphatic rings. The van der Waals surface area contributed by atoms with Crippen molar-refractivity contribution in [3.8, 4) is 0 Å². The Balaban J connectivity index is 2.12. The molecule has 1 aromatic carbocycles. The molecule has 0 amide bonds. The second-order valence-electron chi connectivity index (χ2n) is 5.50. The molecule has 3 unspecified atom stereocenters. The van der Waals surface area contributed by atoms with Gasteiger partial charge in [0.15, 0.2) is 0 Å². The zero-order valence-corrected chi connectivity index (χ0v) is 12.4. The predicted octanol–water partition coefficient (Wildman–Crippen LogP) is 4.41. The maximum atomic E-state index is 13.3. The fourth-order valence-electron chi connectivity index (χ4n) is 2.77. The molecule has 0 bridgehead atoms. The summed E-state index contributed by atoms with van der Waals surface area (Å²) in [6.45, 7) is 4.57. The summed E-state index contributed by atoms with van der Waals surface area (Å²) in [5.74, 6) is 1.11. The van der Waals surface area contributed by atoms with Gasteiger partial charge in [-0.3, -0.25) is 0 Å². The molecular weight excluding hydrogens is 295 g/mol. The Kier molecular flexibility index (Phi) is 4.15. The lowest BCUT2D eigenvalue weighted by atomic mass is 9.80. The van der Waals surface area contributed by atoms with Gasteiger partial charge in [-0.2, -0.15) is 0 Å². The molecule has 1 aromatic rings. The van der Waals surface area contributed by atoms with Gasteiger partial charge in [0.2, 0.25) is 0 Å².